The van der Waals surface area contributed by atoms with Gasteiger partial charge in [0.05, 0.1) is 20.3 Å². The Morgan fingerprint density at radius 1 is 1.10 bits per heavy atom. The minimum absolute atomic E-state index is 0.0112. The van der Waals surface area contributed by atoms with Gasteiger partial charge in [-0.05, 0) is 36.4 Å². The normalized spacial score (nSPS) is 15.8. The fourth-order valence-corrected chi connectivity index (χ4v) is 3.12. The topological polar surface area (TPSA) is 89.1 Å². The maximum absolute atomic E-state index is 12.4. The predicted octanol–water partition coefficient (Wildman–Crippen LogP) is 3.23. The summed E-state index contributed by atoms with van der Waals surface area (Å²) in [5, 5.41) is 5.33. The van der Waals surface area contributed by atoms with Crippen molar-refractivity contribution in [3.8, 4) is 17.2 Å². The zero-order valence-electron chi connectivity index (χ0n) is 16.4. The first-order valence-electron chi connectivity index (χ1n) is 9.04. The molecule has 1 atom stereocenters. The van der Waals surface area contributed by atoms with E-state index in [1.165, 1.54) is 38.5 Å². The summed E-state index contributed by atoms with van der Waals surface area (Å²) >= 11 is 0. The molecule has 0 radical (unpaired) electrons. The number of methoxy groups -OCH3 is 2. The molecule has 8 nitrogen and oxygen atoms in total. The Balaban J connectivity index is 1.58. The summed E-state index contributed by atoms with van der Waals surface area (Å²) in [6, 6.07) is 9.75. The Morgan fingerprint density at radius 2 is 1.80 bits per heavy atom. The Morgan fingerprint density at radius 3 is 2.43 bits per heavy atom. The van der Waals surface area contributed by atoms with Gasteiger partial charge in [-0.25, -0.2) is 4.79 Å². The number of carbonyl (C=O) groups excluding carboxylic acids is 2. The van der Waals surface area contributed by atoms with Crippen molar-refractivity contribution in [2.45, 2.75) is 19.1 Å². The van der Waals surface area contributed by atoms with Gasteiger partial charge in [0.1, 0.15) is 5.75 Å². The van der Waals surface area contributed by atoms with Gasteiger partial charge in [-0.2, -0.15) is 8.78 Å². The molecule has 0 saturated carbocycles. The second kappa shape index (κ2) is 9.29. The van der Waals surface area contributed by atoms with E-state index in [9.17, 15) is 18.4 Å². The van der Waals surface area contributed by atoms with Crippen LogP contribution in [0.25, 0.3) is 0 Å². The molecular formula is C20H21F2N3O5. The Hall–Kier alpha value is -3.56. The smallest absolute Gasteiger partial charge is 0.387 e. The van der Waals surface area contributed by atoms with Gasteiger partial charge < -0.3 is 29.7 Å². The van der Waals surface area contributed by atoms with E-state index in [0.29, 0.717) is 29.4 Å². The minimum atomic E-state index is -2.92. The van der Waals surface area contributed by atoms with Crippen LogP contribution in [0, 0.1) is 0 Å². The van der Waals surface area contributed by atoms with Crippen molar-refractivity contribution >= 4 is 23.3 Å². The van der Waals surface area contributed by atoms with Crippen molar-refractivity contribution in [1.29, 1.82) is 0 Å². The van der Waals surface area contributed by atoms with Crippen molar-refractivity contribution in [3.63, 3.8) is 0 Å². The molecule has 10 heteroatoms. The van der Waals surface area contributed by atoms with Crippen LogP contribution in [0.1, 0.15) is 6.42 Å². The highest BCUT2D eigenvalue weighted by Crippen LogP contribution is 2.33. The number of ether oxygens (including phenoxy) is 3. The number of carbonyl (C=O) groups is 2. The highest BCUT2D eigenvalue weighted by atomic mass is 19.3. The molecular weight excluding hydrogens is 400 g/mol. The quantitative estimate of drug-likeness (QED) is 0.717. The third-order valence-corrected chi connectivity index (χ3v) is 4.48. The number of amides is 3. The third-order valence-electron chi connectivity index (χ3n) is 4.48. The van der Waals surface area contributed by atoms with E-state index in [-0.39, 0.29) is 18.1 Å². The molecule has 160 valence electrons. The molecule has 1 saturated heterocycles. The lowest BCUT2D eigenvalue weighted by molar-refractivity contribution is -0.117. The van der Waals surface area contributed by atoms with E-state index in [4.69, 9.17) is 9.47 Å². The number of nitrogens with one attached hydrogen (secondary N) is 2. The highest BCUT2D eigenvalue weighted by Gasteiger charge is 2.32. The number of benzene rings is 2. The third kappa shape index (κ3) is 5.07. The number of halogens is 2. The molecule has 1 unspecified atom stereocenters. The van der Waals surface area contributed by atoms with Gasteiger partial charge in [-0.3, -0.25) is 4.79 Å². The summed E-state index contributed by atoms with van der Waals surface area (Å²) < 4.78 is 39.1. The fourth-order valence-electron chi connectivity index (χ4n) is 3.12. The molecule has 2 aromatic carbocycles. The molecule has 3 rings (SSSR count). The molecule has 0 aliphatic carbocycles. The van der Waals surface area contributed by atoms with E-state index < -0.39 is 18.7 Å². The van der Waals surface area contributed by atoms with Crippen molar-refractivity contribution in [1.82, 2.24) is 5.32 Å². The van der Waals surface area contributed by atoms with Crippen LogP contribution in [0.2, 0.25) is 0 Å². The van der Waals surface area contributed by atoms with Gasteiger partial charge in [-0.1, -0.05) is 0 Å². The van der Waals surface area contributed by atoms with Crippen LogP contribution in [0.3, 0.4) is 0 Å². The summed E-state index contributed by atoms with van der Waals surface area (Å²) in [5.41, 5.74) is 1.03. The van der Waals surface area contributed by atoms with Gasteiger partial charge in [-0.15, -0.1) is 0 Å². The van der Waals surface area contributed by atoms with Gasteiger partial charge in [0, 0.05) is 30.4 Å². The van der Waals surface area contributed by atoms with E-state index in [0.717, 1.165) is 0 Å². The molecule has 30 heavy (non-hydrogen) atoms. The molecule has 1 fully saturated rings. The zero-order valence-corrected chi connectivity index (χ0v) is 16.4. The largest absolute Gasteiger partial charge is 0.493 e. The summed E-state index contributed by atoms with van der Waals surface area (Å²) in [7, 11) is 3.03. The van der Waals surface area contributed by atoms with Crippen LogP contribution in [0.15, 0.2) is 42.5 Å². The second-order valence-corrected chi connectivity index (χ2v) is 6.45. The Kier molecular flexibility index (Phi) is 6.55. The van der Waals surface area contributed by atoms with E-state index in [1.807, 2.05) is 0 Å². The highest BCUT2D eigenvalue weighted by molar-refractivity contribution is 5.98. The van der Waals surface area contributed by atoms with Crippen LogP contribution in [-0.2, 0) is 4.79 Å². The average Bonchev–Trinajstić information content (AvgIpc) is 3.08. The molecule has 1 aliphatic rings. The summed E-state index contributed by atoms with van der Waals surface area (Å²) in [4.78, 5) is 26.2. The molecule has 1 aliphatic heterocycles. The lowest BCUT2D eigenvalue weighted by Gasteiger charge is -2.19. The molecule has 2 N–H and O–H groups in total. The fraction of sp³-hybridized carbons (Fsp3) is 0.300. The van der Waals surface area contributed by atoms with Crippen molar-refractivity contribution in [3.05, 3.63) is 42.5 Å². The lowest BCUT2D eigenvalue weighted by atomic mass is 10.2. The number of alkyl halides is 2. The van der Waals surface area contributed by atoms with E-state index in [2.05, 4.69) is 15.4 Å². The van der Waals surface area contributed by atoms with Crippen LogP contribution in [0.5, 0.6) is 17.2 Å². The maximum Gasteiger partial charge on any atom is 0.387 e. The number of nitrogens with zero attached hydrogens (tertiary/aromatic N) is 1. The van der Waals surface area contributed by atoms with E-state index >= 15 is 0 Å². The van der Waals surface area contributed by atoms with Crippen molar-refractivity contribution in [2.24, 2.45) is 0 Å². The Labute approximate surface area is 171 Å². The number of hydrogen-bond acceptors (Lipinski definition) is 5. The molecule has 3 amide bonds. The molecule has 0 spiro atoms. The van der Waals surface area contributed by atoms with Crippen LogP contribution in [0.4, 0.5) is 25.0 Å². The molecule has 0 bridgehead atoms. The monoisotopic (exact) mass is 421 g/mol. The first kappa shape index (κ1) is 21.2. The first-order valence-corrected chi connectivity index (χ1v) is 9.04. The summed E-state index contributed by atoms with van der Waals surface area (Å²) in [5.74, 6) is 0.895. The number of urea groups is 1. The van der Waals surface area contributed by atoms with Crippen LogP contribution in [-0.4, -0.2) is 45.4 Å². The van der Waals surface area contributed by atoms with Crippen molar-refractivity contribution < 1.29 is 32.6 Å². The minimum Gasteiger partial charge on any atom is -0.493 e. The van der Waals surface area contributed by atoms with E-state index in [1.54, 1.807) is 23.1 Å². The van der Waals surface area contributed by atoms with Gasteiger partial charge in [0.2, 0.25) is 5.91 Å². The molecule has 1 heterocycles. The number of anilines is 2. The number of rotatable bonds is 7. The van der Waals surface area contributed by atoms with Gasteiger partial charge >= 0.3 is 12.6 Å². The van der Waals surface area contributed by atoms with Crippen LogP contribution < -0.4 is 29.7 Å². The standard InChI is InChI=1S/C20H21F2N3O5/c1-28-16-8-5-14(10-17(16)29-2)25-11-13(9-18(25)26)24-20(27)23-12-3-6-15(7-4-12)30-19(21)22/h3-8,10,13,19H,9,11H2,1-2H3,(H2,23,24,27). The first-order chi connectivity index (χ1) is 14.4. The second-order valence-electron chi connectivity index (χ2n) is 6.45. The maximum atomic E-state index is 12.4. The lowest BCUT2D eigenvalue weighted by Crippen LogP contribution is -2.39. The van der Waals surface area contributed by atoms with Gasteiger partial charge in [0.25, 0.3) is 0 Å². The van der Waals surface area contributed by atoms with Gasteiger partial charge in [0.15, 0.2) is 11.5 Å². The molecule has 2 aromatic rings. The zero-order chi connectivity index (χ0) is 21.7. The summed E-state index contributed by atoms with van der Waals surface area (Å²) in [6.45, 7) is -2.62. The summed E-state index contributed by atoms with van der Waals surface area (Å²) in [6.07, 6.45) is 0.142. The molecule has 0 aromatic heterocycles. The number of hydrogen-bond donors (Lipinski definition) is 2. The van der Waals surface area contributed by atoms with Crippen LogP contribution >= 0.6 is 0 Å². The van der Waals surface area contributed by atoms with Crippen molar-refractivity contribution in [2.75, 3.05) is 31.0 Å². The Bertz CT molecular complexity index is 908. The average molecular weight is 421 g/mol. The SMILES string of the molecule is COc1ccc(N2CC(NC(=O)Nc3ccc(OC(F)F)cc3)CC2=O)cc1OC. The predicted molar refractivity (Wildman–Crippen MR) is 106 cm³/mol.